The summed E-state index contributed by atoms with van der Waals surface area (Å²) in [4.78, 5) is 14.3. The van der Waals surface area contributed by atoms with E-state index in [2.05, 4.69) is 20.8 Å². The maximum Gasteiger partial charge on any atom is 0.339 e. The van der Waals surface area contributed by atoms with Crippen molar-refractivity contribution in [3.05, 3.63) is 21.4 Å². The first-order valence-corrected chi connectivity index (χ1v) is 8.45. The minimum Gasteiger partial charge on any atom is -0.460 e. The van der Waals surface area contributed by atoms with Crippen LogP contribution in [0.3, 0.4) is 0 Å². The molecule has 3 unspecified atom stereocenters. The highest BCUT2D eigenvalue weighted by molar-refractivity contribution is 7.12. The fourth-order valence-electron chi connectivity index (χ4n) is 3.63. The van der Waals surface area contributed by atoms with Crippen molar-refractivity contribution < 1.29 is 14.6 Å². The molecule has 1 saturated carbocycles. The van der Waals surface area contributed by atoms with E-state index >= 15 is 0 Å². The van der Waals surface area contributed by atoms with E-state index in [4.69, 9.17) is 4.74 Å². The molecule has 1 aromatic heterocycles. The van der Waals surface area contributed by atoms with E-state index in [9.17, 15) is 9.90 Å². The Morgan fingerprint density at radius 3 is 2.62 bits per heavy atom. The summed E-state index contributed by atoms with van der Waals surface area (Å²) in [5.41, 5.74) is 0.883. The third-order valence-corrected chi connectivity index (χ3v) is 5.21. The van der Waals surface area contributed by atoms with E-state index < -0.39 is 12.1 Å². The number of carbonyl (C=O) groups is 1. The SMILES string of the molecule is Cc1cc(C(O)C(=O)OC2CC(C)CC(C)(C)C2)c(C)s1. The number of aliphatic hydroxyl groups is 1. The molecular weight excluding hydrogens is 284 g/mol. The fraction of sp³-hybridized carbons (Fsp3) is 0.706. The van der Waals surface area contributed by atoms with Gasteiger partial charge in [-0.05, 0) is 50.5 Å². The fourth-order valence-corrected chi connectivity index (χ4v) is 4.58. The molecule has 0 radical (unpaired) electrons. The third-order valence-electron chi connectivity index (χ3n) is 4.23. The molecule has 1 aliphatic carbocycles. The number of rotatable bonds is 3. The Bertz CT molecular complexity index is 518. The zero-order valence-corrected chi connectivity index (χ0v) is 14.4. The van der Waals surface area contributed by atoms with Gasteiger partial charge in [-0.1, -0.05) is 20.8 Å². The van der Waals surface area contributed by atoms with Gasteiger partial charge >= 0.3 is 5.97 Å². The van der Waals surface area contributed by atoms with E-state index in [1.54, 1.807) is 11.3 Å². The quantitative estimate of drug-likeness (QED) is 0.853. The van der Waals surface area contributed by atoms with E-state index in [1.807, 2.05) is 19.9 Å². The van der Waals surface area contributed by atoms with Crippen molar-refractivity contribution in [2.24, 2.45) is 11.3 Å². The summed E-state index contributed by atoms with van der Waals surface area (Å²) < 4.78 is 5.59. The molecule has 0 aliphatic heterocycles. The summed E-state index contributed by atoms with van der Waals surface area (Å²) >= 11 is 1.59. The summed E-state index contributed by atoms with van der Waals surface area (Å²) in [7, 11) is 0. The van der Waals surface area contributed by atoms with Crippen LogP contribution in [-0.2, 0) is 9.53 Å². The predicted molar refractivity (Wildman–Crippen MR) is 85.4 cm³/mol. The molecule has 0 aromatic carbocycles. The number of ether oxygens (including phenoxy) is 1. The molecule has 3 nitrogen and oxygen atoms in total. The van der Waals surface area contributed by atoms with Crippen LogP contribution in [0.2, 0.25) is 0 Å². The Balaban J connectivity index is 2.02. The van der Waals surface area contributed by atoms with Crippen molar-refractivity contribution in [1.82, 2.24) is 0 Å². The van der Waals surface area contributed by atoms with Crippen LogP contribution in [0.15, 0.2) is 6.07 Å². The molecule has 1 aromatic rings. The molecule has 0 amide bonds. The molecule has 118 valence electrons. The molecule has 1 fully saturated rings. The summed E-state index contributed by atoms with van der Waals surface area (Å²) in [5.74, 6) is 0.0413. The van der Waals surface area contributed by atoms with Gasteiger partial charge in [0.15, 0.2) is 6.10 Å². The molecule has 3 atom stereocenters. The number of esters is 1. The second-order valence-corrected chi connectivity index (χ2v) is 8.70. The number of hydrogen-bond acceptors (Lipinski definition) is 4. The molecule has 0 spiro atoms. The second kappa shape index (κ2) is 6.09. The summed E-state index contributed by atoms with van der Waals surface area (Å²) in [6.45, 7) is 10.5. The number of thiophene rings is 1. The number of aryl methyl sites for hydroxylation is 2. The van der Waals surface area contributed by atoms with Crippen molar-refractivity contribution in [3.8, 4) is 0 Å². The molecule has 0 bridgehead atoms. The molecule has 2 rings (SSSR count). The lowest BCUT2D eigenvalue weighted by Crippen LogP contribution is -2.35. The van der Waals surface area contributed by atoms with Crippen LogP contribution >= 0.6 is 11.3 Å². The van der Waals surface area contributed by atoms with Crippen molar-refractivity contribution >= 4 is 17.3 Å². The zero-order valence-electron chi connectivity index (χ0n) is 13.6. The Morgan fingerprint density at radius 1 is 1.43 bits per heavy atom. The van der Waals surface area contributed by atoms with Crippen molar-refractivity contribution in [2.45, 2.75) is 66.1 Å². The van der Waals surface area contributed by atoms with Gasteiger partial charge in [0.05, 0.1) is 0 Å². The van der Waals surface area contributed by atoms with Crippen LogP contribution in [-0.4, -0.2) is 17.2 Å². The minimum atomic E-state index is -1.16. The second-order valence-electron chi connectivity index (χ2n) is 7.24. The molecule has 4 heteroatoms. The average Bonchev–Trinajstić information content (AvgIpc) is 2.64. The summed E-state index contributed by atoms with van der Waals surface area (Å²) in [6, 6.07) is 1.87. The molecule has 21 heavy (non-hydrogen) atoms. The van der Waals surface area contributed by atoms with Crippen LogP contribution < -0.4 is 0 Å². The standard InChI is InChI=1S/C17H26O3S/c1-10-6-13(9-17(4,5)8-10)20-16(19)15(18)14-7-11(2)21-12(14)3/h7,10,13,15,18H,6,8-9H2,1-5H3. The van der Waals surface area contributed by atoms with Crippen LogP contribution in [0.4, 0.5) is 0 Å². The first kappa shape index (κ1) is 16.5. The van der Waals surface area contributed by atoms with Crippen LogP contribution in [0, 0.1) is 25.2 Å². The molecule has 1 aliphatic rings. The van der Waals surface area contributed by atoms with Gasteiger partial charge in [-0.15, -0.1) is 11.3 Å². The van der Waals surface area contributed by atoms with Gasteiger partial charge in [0.1, 0.15) is 6.10 Å². The van der Waals surface area contributed by atoms with Gasteiger partial charge in [0, 0.05) is 15.3 Å². The topological polar surface area (TPSA) is 46.5 Å². The highest BCUT2D eigenvalue weighted by atomic mass is 32.1. The maximum atomic E-state index is 12.2. The van der Waals surface area contributed by atoms with Gasteiger partial charge in [0.25, 0.3) is 0 Å². The van der Waals surface area contributed by atoms with Crippen molar-refractivity contribution in [1.29, 1.82) is 0 Å². The Hall–Kier alpha value is -0.870. The van der Waals surface area contributed by atoms with E-state index in [0.717, 1.165) is 29.0 Å². The lowest BCUT2D eigenvalue weighted by molar-refractivity contribution is -0.163. The molecule has 1 heterocycles. The monoisotopic (exact) mass is 310 g/mol. The first-order chi connectivity index (χ1) is 9.68. The molecule has 1 N–H and O–H groups in total. The van der Waals surface area contributed by atoms with Crippen LogP contribution in [0.1, 0.15) is 61.5 Å². The third kappa shape index (κ3) is 4.07. The lowest BCUT2D eigenvalue weighted by atomic mass is 9.71. The van der Waals surface area contributed by atoms with Gasteiger partial charge in [-0.3, -0.25) is 0 Å². The van der Waals surface area contributed by atoms with Crippen molar-refractivity contribution in [2.75, 3.05) is 0 Å². The largest absolute Gasteiger partial charge is 0.460 e. The van der Waals surface area contributed by atoms with Crippen molar-refractivity contribution in [3.63, 3.8) is 0 Å². The Kier molecular flexibility index (Phi) is 4.79. The average molecular weight is 310 g/mol. The van der Waals surface area contributed by atoms with Gasteiger partial charge in [-0.25, -0.2) is 4.79 Å². The van der Waals surface area contributed by atoms with Crippen LogP contribution in [0.5, 0.6) is 0 Å². The predicted octanol–water partition coefficient (Wildman–Crippen LogP) is 4.16. The van der Waals surface area contributed by atoms with E-state index in [0.29, 0.717) is 11.5 Å². The summed E-state index contributed by atoms with van der Waals surface area (Å²) in [6.07, 6.45) is 1.69. The number of carbonyl (C=O) groups excluding carboxylic acids is 1. The number of hydrogen-bond donors (Lipinski definition) is 1. The highest BCUT2D eigenvalue weighted by Gasteiger charge is 2.35. The zero-order chi connectivity index (χ0) is 15.8. The minimum absolute atomic E-state index is 0.0778. The first-order valence-electron chi connectivity index (χ1n) is 7.63. The molecule has 0 saturated heterocycles. The van der Waals surface area contributed by atoms with Crippen LogP contribution in [0.25, 0.3) is 0 Å². The molecular formula is C17H26O3S. The van der Waals surface area contributed by atoms with E-state index in [1.165, 1.54) is 0 Å². The van der Waals surface area contributed by atoms with E-state index in [-0.39, 0.29) is 11.5 Å². The van der Waals surface area contributed by atoms with Gasteiger partial charge < -0.3 is 9.84 Å². The summed E-state index contributed by atoms with van der Waals surface area (Å²) in [5, 5.41) is 10.2. The lowest BCUT2D eigenvalue weighted by Gasteiger charge is -2.38. The smallest absolute Gasteiger partial charge is 0.339 e. The maximum absolute atomic E-state index is 12.2. The Labute approximate surface area is 131 Å². The highest BCUT2D eigenvalue weighted by Crippen LogP contribution is 2.40. The normalized spacial score (nSPS) is 26.4. The number of aliphatic hydroxyl groups excluding tert-OH is 1. The Morgan fingerprint density at radius 2 is 2.10 bits per heavy atom. The van der Waals surface area contributed by atoms with Gasteiger partial charge in [-0.2, -0.15) is 0 Å². The van der Waals surface area contributed by atoms with Gasteiger partial charge in [0.2, 0.25) is 0 Å².